The van der Waals surface area contributed by atoms with E-state index in [-0.39, 0.29) is 0 Å². The van der Waals surface area contributed by atoms with E-state index in [4.69, 9.17) is 0 Å². The van der Waals surface area contributed by atoms with Crippen molar-refractivity contribution in [3.8, 4) is 0 Å². The van der Waals surface area contributed by atoms with Gasteiger partial charge < -0.3 is 4.57 Å². The molecule has 0 N–H and O–H groups in total. The molecule has 0 spiro atoms. The van der Waals surface area contributed by atoms with Crippen molar-refractivity contribution in [3.63, 3.8) is 0 Å². The van der Waals surface area contributed by atoms with E-state index in [1.807, 2.05) is 29.9 Å². The predicted octanol–water partition coefficient (Wildman–Crippen LogP) is 2.34. The SMILES string of the molecule is Cn1cc(Br)c2ncccc21. The molecule has 0 atom stereocenters. The first kappa shape index (κ1) is 6.85. The highest BCUT2D eigenvalue weighted by Crippen LogP contribution is 2.22. The van der Waals surface area contributed by atoms with E-state index in [2.05, 4.69) is 20.9 Å². The maximum atomic E-state index is 4.23. The molecule has 56 valence electrons. The highest BCUT2D eigenvalue weighted by molar-refractivity contribution is 9.10. The van der Waals surface area contributed by atoms with E-state index in [1.165, 1.54) is 0 Å². The average molecular weight is 211 g/mol. The number of rotatable bonds is 0. The van der Waals surface area contributed by atoms with Crippen LogP contribution in [-0.2, 0) is 7.05 Å². The normalized spacial score (nSPS) is 10.7. The summed E-state index contributed by atoms with van der Waals surface area (Å²) in [6, 6.07) is 3.99. The molecule has 2 aromatic rings. The maximum Gasteiger partial charge on any atom is 0.102 e. The van der Waals surface area contributed by atoms with Crippen molar-refractivity contribution < 1.29 is 0 Å². The van der Waals surface area contributed by atoms with Crippen LogP contribution in [0.2, 0.25) is 0 Å². The second-order valence-electron chi connectivity index (χ2n) is 2.46. The fraction of sp³-hybridized carbons (Fsp3) is 0.125. The van der Waals surface area contributed by atoms with Gasteiger partial charge in [-0.3, -0.25) is 4.98 Å². The summed E-state index contributed by atoms with van der Waals surface area (Å²) in [4.78, 5) is 4.23. The number of pyridine rings is 1. The third-order valence-corrected chi connectivity index (χ3v) is 2.28. The Hall–Kier alpha value is -0.830. The molecular formula is C8H7BrN2. The molecule has 2 rings (SSSR count). The Bertz CT molecular complexity index is 356. The summed E-state index contributed by atoms with van der Waals surface area (Å²) in [5.41, 5.74) is 2.18. The lowest BCUT2D eigenvalue weighted by atomic mass is 10.4. The summed E-state index contributed by atoms with van der Waals surface area (Å²) >= 11 is 3.43. The van der Waals surface area contributed by atoms with Gasteiger partial charge in [0.05, 0.1) is 9.99 Å². The monoisotopic (exact) mass is 210 g/mol. The van der Waals surface area contributed by atoms with Crippen molar-refractivity contribution in [3.05, 3.63) is 29.0 Å². The van der Waals surface area contributed by atoms with Gasteiger partial charge in [0.25, 0.3) is 0 Å². The molecule has 0 aromatic carbocycles. The van der Waals surface area contributed by atoms with Gasteiger partial charge in [-0.2, -0.15) is 0 Å². The van der Waals surface area contributed by atoms with Crippen LogP contribution < -0.4 is 0 Å². The predicted molar refractivity (Wildman–Crippen MR) is 48.4 cm³/mol. The van der Waals surface area contributed by atoms with Crippen molar-refractivity contribution in [1.82, 2.24) is 9.55 Å². The lowest BCUT2D eigenvalue weighted by Crippen LogP contribution is -1.82. The van der Waals surface area contributed by atoms with Gasteiger partial charge in [0.2, 0.25) is 0 Å². The van der Waals surface area contributed by atoms with E-state index in [9.17, 15) is 0 Å². The minimum atomic E-state index is 1.02. The molecule has 11 heavy (non-hydrogen) atoms. The highest BCUT2D eigenvalue weighted by atomic mass is 79.9. The zero-order valence-corrected chi connectivity index (χ0v) is 7.67. The Balaban J connectivity index is 2.95. The molecule has 0 aliphatic carbocycles. The van der Waals surface area contributed by atoms with Gasteiger partial charge >= 0.3 is 0 Å². The Labute approximate surface area is 73.0 Å². The zero-order chi connectivity index (χ0) is 7.84. The van der Waals surface area contributed by atoms with Crippen molar-refractivity contribution in [1.29, 1.82) is 0 Å². The van der Waals surface area contributed by atoms with Crippen molar-refractivity contribution in [2.75, 3.05) is 0 Å². The second kappa shape index (κ2) is 2.34. The Morgan fingerprint density at radius 2 is 2.36 bits per heavy atom. The molecule has 0 unspecified atom stereocenters. The number of aromatic nitrogens is 2. The summed E-state index contributed by atoms with van der Waals surface area (Å²) in [6.45, 7) is 0. The lowest BCUT2D eigenvalue weighted by molar-refractivity contribution is 0.966. The van der Waals surface area contributed by atoms with Gasteiger partial charge in [0, 0.05) is 19.4 Å². The first-order valence-electron chi connectivity index (χ1n) is 3.34. The quantitative estimate of drug-likeness (QED) is 0.653. The summed E-state index contributed by atoms with van der Waals surface area (Å²) in [5, 5.41) is 0. The van der Waals surface area contributed by atoms with Crippen LogP contribution in [0.3, 0.4) is 0 Å². The average Bonchev–Trinajstić information content (AvgIpc) is 2.30. The van der Waals surface area contributed by atoms with Crippen LogP contribution in [0.25, 0.3) is 11.0 Å². The van der Waals surface area contributed by atoms with Gasteiger partial charge in [-0.05, 0) is 28.1 Å². The van der Waals surface area contributed by atoms with Crippen LogP contribution in [0.4, 0.5) is 0 Å². The van der Waals surface area contributed by atoms with Crippen molar-refractivity contribution >= 4 is 27.0 Å². The molecule has 0 bridgehead atoms. The van der Waals surface area contributed by atoms with E-state index >= 15 is 0 Å². The minimum Gasteiger partial charge on any atom is -0.348 e. The first-order valence-corrected chi connectivity index (χ1v) is 4.14. The van der Waals surface area contributed by atoms with Crippen LogP contribution >= 0.6 is 15.9 Å². The summed E-state index contributed by atoms with van der Waals surface area (Å²) < 4.78 is 3.10. The van der Waals surface area contributed by atoms with Crippen molar-refractivity contribution in [2.24, 2.45) is 7.05 Å². The molecule has 0 saturated carbocycles. The molecule has 0 aliphatic rings. The summed E-state index contributed by atoms with van der Waals surface area (Å²) in [5.74, 6) is 0. The lowest BCUT2D eigenvalue weighted by Gasteiger charge is -1.91. The summed E-state index contributed by atoms with van der Waals surface area (Å²) in [6.07, 6.45) is 3.81. The van der Waals surface area contributed by atoms with Crippen LogP contribution in [0.5, 0.6) is 0 Å². The third kappa shape index (κ3) is 0.959. The van der Waals surface area contributed by atoms with Crippen LogP contribution in [0.15, 0.2) is 29.0 Å². The minimum absolute atomic E-state index is 1.02. The Morgan fingerprint density at radius 3 is 3.09 bits per heavy atom. The van der Waals surface area contributed by atoms with E-state index in [0.717, 1.165) is 15.5 Å². The smallest absolute Gasteiger partial charge is 0.102 e. The fourth-order valence-corrected chi connectivity index (χ4v) is 1.78. The second-order valence-corrected chi connectivity index (χ2v) is 3.31. The topological polar surface area (TPSA) is 17.8 Å². The molecule has 2 aromatic heterocycles. The number of hydrogen-bond acceptors (Lipinski definition) is 1. The van der Waals surface area contributed by atoms with Crippen molar-refractivity contribution in [2.45, 2.75) is 0 Å². The van der Waals surface area contributed by atoms with Gasteiger partial charge in [-0.25, -0.2) is 0 Å². The van der Waals surface area contributed by atoms with Gasteiger partial charge in [-0.15, -0.1) is 0 Å². The molecule has 0 saturated heterocycles. The Morgan fingerprint density at radius 1 is 1.55 bits per heavy atom. The van der Waals surface area contributed by atoms with Gasteiger partial charge in [-0.1, -0.05) is 0 Å². The van der Waals surface area contributed by atoms with E-state index < -0.39 is 0 Å². The van der Waals surface area contributed by atoms with Gasteiger partial charge in [0.15, 0.2) is 0 Å². The molecule has 3 heteroatoms. The molecule has 0 aliphatic heterocycles. The Kier molecular flexibility index (Phi) is 1.46. The molecular weight excluding hydrogens is 204 g/mol. The standard InChI is InChI=1S/C8H7BrN2/c1-11-5-6(9)8-7(11)3-2-4-10-8/h2-5H,1H3. The number of aryl methyl sites for hydroxylation is 1. The zero-order valence-electron chi connectivity index (χ0n) is 6.08. The van der Waals surface area contributed by atoms with Crippen LogP contribution in [0, 0.1) is 0 Å². The molecule has 2 nitrogen and oxygen atoms in total. The summed E-state index contributed by atoms with van der Waals surface area (Å²) in [7, 11) is 2.01. The molecule has 2 heterocycles. The molecule has 0 radical (unpaired) electrons. The number of halogens is 1. The van der Waals surface area contributed by atoms with E-state index in [1.54, 1.807) is 6.20 Å². The fourth-order valence-electron chi connectivity index (χ4n) is 1.17. The highest BCUT2D eigenvalue weighted by Gasteiger charge is 2.02. The first-order chi connectivity index (χ1) is 5.29. The number of fused-ring (bicyclic) bond motifs is 1. The van der Waals surface area contributed by atoms with Crippen LogP contribution in [0.1, 0.15) is 0 Å². The van der Waals surface area contributed by atoms with Crippen LogP contribution in [-0.4, -0.2) is 9.55 Å². The largest absolute Gasteiger partial charge is 0.348 e. The molecule has 0 fully saturated rings. The maximum absolute atomic E-state index is 4.23. The van der Waals surface area contributed by atoms with E-state index in [0.29, 0.717) is 0 Å². The van der Waals surface area contributed by atoms with Gasteiger partial charge in [0.1, 0.15) is 5.52 Å². The molecule has 0 amide bonds. The number of nitrogens with zero attached hydrogens (tertiary/aromatic N) is 2. The number of hydrogen-bond donors (Lipinski definition) is 0. The third-order valence-electron chi connectivity index (χ3n) is 1.70.